The monoisotopic (exact) mass is 416 g/mol. The maximum atomic E-state index is 12.5. The lowest BCUT2D eigenvalue weighted by Crippen LogP contribution is -2.42. The average Bonchev–Trinajstić information content (AvgIpc) is 3.19. The third-order valence-electron chi connectivity index (χ3n) is 4.73. The molecule has 2 atom stereocenters. The van der Waals surface area contributed by atoms with E-state index < -0.39 is 6.10 Å². The number of hydrogen-bond acceptors (Lipinski definition) is 3. The number of halogens is 1. The van der Waals surface area contributed by atoms with E-state index in [1.807, 2.05) is 30.3 Å². The minimum Gasteiger partial charge on any atom is -0.481 e. The molecule has 0 saturated carbocycles. The topological polar surface area (TPSA) is 41.6 Å². The minimum atomic E-state index is -0.536. The summed E-state index contributed by atoms with van der Waals surface area (Å²) in [4.78, 5) is 15.0. The van der Waals surface area contributed by atoms with Gasteiger partial charge in [-0.3, -0.25) is 9.69 Å². The summed E-state index contributed by atoms with van der Waals surface area (Å²) in [5.41, 5.74) is 1.25. The zero-order chi connectivity index (χ0) is 18.4. The molecule has 0 bridgehead atoms. The second kappa shape index (κ2) is 9.19. The van der Waals surface area contributed by atoms with E-state index in [1.54, 1.807) is 6.92 Å². The van der Waals surface area contributed by atoms with Crippen molar-refractivity contribution in [3.8, 4) is 5.75 Å². The lowest BCUT2D eigenvalue weighted by Gasteiger charge is -2.28. The summed E-state index contributed by atoms with van der Waals surface area (Å²) < 4.78 is 6.73. The average molecular weight is 417 g/mol. The number of amides is 1. The molecule has 0 spiro atoms. The molecule has 0 aromatic heterocycles. The molecule has 1 fully saturated rings. The third kappa shape index (κ3) is 5.08. The summed E-state index contributed by atoms with van der Waals surface area (Å²) in [7, 11) is 0. The molecular formula is C21H25BrN2O2. The van der Waals surface area contributed by atoms with Crippen molar-refractivity contribution in [1.29, 1.82) is 0 Å². The highest BCUT2D eigenvalue weighted by Crippen LogP contribution is 2.24. The number of carbonyl (C=O) groups is 1. The second-order valence-electron chi connectivity index (χ2n) is 6.63. The van der Waals surface area contributed by atoms with Crippen LogP contribution in [-0.2, 0) is 4.79 Å². The van der Waals surface area contributed by atoms with Crippen LogP contribution < -0.4 is 10.1 Å². The molecule has 1 amide bonds. The zero-order valence-corrected chi connectivity index (χ0v) is 16.6. The van der Waals surface area contributed by atoms with Crippen molar-refractivity contribution in [3.63, 3.8) is 0 Å². The fraction of sp³-hybridized carbons (Fsp3) is 0.381. The quantitative estimate of drug-likeness (QED) is 0.736. The fourth-order valence-corrected chi connectivity index (χ4v) is 3.56. The van der Waals surface area contributed by atoms with Gasteiger partial charge in [0.25, 0.3) is 5.91 Å². The van der Waals surface area contributed by atoms with Gasteiger partial charge in [-0.15, -0.1) is 0 Å². The Morgan fingerprint density at radius 1 is 1.12 bits per heavy atom. The Balaban J connectivity index is 1.59. The summed E-state index contributed by atoms with van der Waals surface area (Å²) in [5.74, 6) is 0.600. The number of hydrogen-bond donors (Lipinski definition) is 1. The van der Waals surface area contributed by atoms with Crippen LogP contribution in [0.3, 0.4) is 0 Å². The molecule has 0 radical (unpaired) electrons. The number of nitrogens with one attached hydrogen (secondary N) is 1. The van der Waals surface area contributed by atoms with Crippen molar-refractivity contribution in [1.82, 2.24) is 10.2 Å². The Labute approximate surface area is 163 Å². The van der Waals surface area contributed by atoms with Crippen molar-refractivity contribution in [2.45, 2.75) is 31.9 Å². The summed E-state index contributed by atoms with van der Waals surface area (Å²) >= 11 is 3.40. The number of nitrogens with zero attached hydrogens (tertiary/aromatic N) is 1. The fourth-order valence-electron chi connectivity index (χ4n) is 3.30. The van der Waals surface area contributed by atoms with Crippen molar-refractivity contribution in [2.24, 2.45) is 0 Å². The molecule has 2 unspecified atom stereocenters. The third-order valence-corrected chi connectivity index (χ3v) is 5.26. The molecule has 4 nitrogen and oxygen atoms in total. The molecule has 0 aliphatic carbocycles. The van der Waals surface area contributed by atoms with E-state index in [1.165, 1.54) is 18.4 Å². The van der Waals surface area contributed by atoms with Crippen LogP contribution in [0.15, 0.2) is 59.1 Å². The van der Waals surface area contributed by atoms with E-state index in [4.69, 9.17) is 4.74 Å². The van der Waals surface area contributed by atoms with Gasteiger partial charge < -0.3 is 10.1 Å². The number of carbonyl (C=O) groups excluding carboxylic acids is 1. The number of likely N-dealkylation sites (tertiary alicyclic amines) is 1. The van der Waals surface area contributed by atoms with E-state index in [2.05, 4.69) is 50.4 Å². The van der Waals surface area contributed by atoms with Gasteiger partial charge in [-0.05, 0) is 62.7 Å². The lowest BCUT2D eigenvalue weighted by atomic mass is 10.1. The van der Waals surface area contributed by atoms with E-state index in [9.17, 15) is 4.79 Å². The van der Waals surface area contributed by atoms with Gasteiger partial charge >= 0.3 is 0 Å². The highest BCUT2D eigenvalue weighted by atomic mass is 79.9. The highest BCUT2D eigenvalue weighted by Gasteiger charge is 2.25. The van der Waals surface area contributed by atoms with Gasteiger partial charge in [0.2, 0.25) is 0 Å². The standard InChI is InChI=1S/C21H25BrN2O2/c1-16(26-19-11-9-18(22)10-12-19)21(25)23-15-20(24-13-5-6-14-24)17-7-3-2-4-8-17/h2-4,7-12,16,20H,5-6,13-15H2,1H3,(H,23,25). The molecule has 3 rings (SSSR count). The normalized spacial score (nSPS) is 16.8. The Morgan fingerprint density at radius 3 is 2.42 bits per heavy atom. The van der Waals surface area contributed by atoms with E-state index in [0.717, 1.165) is 17.6 Å². The van der Waals surface area contributed by atoms with E-state index in [0.29, 0.717) is 12.3 Å². The van der Waals surface area contributed by atoms with Crippen molar-refractivity contribution in [2.75, 3.05) is 19.6 Å². The largest absolute Gasteiger partial charge is 0.481 e. The van der Waals surface area contributed by atoms with Crippen LogP contribution in [0.4, 0.5) is 0 Å². The Hall–Kier alpha value is -1.85. The van der Waals surface area contributed by atoms with Gasteiger partial charge in [0.05, 0.1) is 6.04 Å². The molecular weight excluding hydrogens is 392 g/mol. The second-order valence-corrected chi connectivity index (χ2v) is 7.54. The Kier molecular flexibility index (Phi) is 6.69. The first kappa shape index (κ1) is 18.9. The molecule has 2 aromatic carbocycles. The van der Waals surface area contributed by atoms with Crippen LogP contribution in [-0.4, -0.2) is 36.5 Å². The van der Waals surface area contributed by atoms with Crippen molar-refractivity contribution >= 4 is 21.8 Å². The summed E-state index contributed by atoms with van der Waals surface area (Å²) in [6.07, 6.45) is 1.91. The lowest BCUT2D eigenvalue weighted by molar-refractivity contribution is -0.127. The van der Waals surface area contributed by atoms with E-state index >= 15 is 0 Å². The highest BCUT2D eigenvalue weighted by molar-refractivity contribution is 9.10. The number of ether oxygens (including phenoxy) is 1. The van der Waals surface area contributed by atoms with Crippen molar-refractivity contribution < 1.29 is 9.53 Å². The van der Waals surface area contributed by atoms with Gasteiger partial charge in [-0.25, -0.2) is 0 Å². The predicted molar refractivity (Wildman–Crippen MR) is 107 cm³/mol. The molecule has 138 valence electrons. The molecule has 1 aliphatic rings. The van der Waals surface area contributed by atoms with Crippen LogP contribution in [0.5, 0.6) is 5.75 Å². The van der Waals surface area contributed by atoms with Crippen molar-refractivity contribution in [3.05, 3.63) is 64.6 Å². The SMILES string of the molecule is CC(Oc1ccc(Br)cc1)C(=O)NCC(c1ccccc1)N1CCCC1. The molecule has 1 saturated heterocycles. The number of benzene rings is 2. The molecule has 1 heterocycles. The molecule has 26 heavy (non-hydrogen) atoms. The molecule has 2 aromatic rings. The summed E-state index contributed by atoms with van der Waals surface area (Å²) in [6, 6.07) is 18.1. The van der Waals surface area contributed by atoms with Gasteiger partial charge in [-0.2, -0.15) is 0 Å². The van der Waals surface area contributed by atoms with Gasteiger partial charge in [-0.1, -0.05) is 46.3 Å². The Bertz CT molecular complexity index is 700. The van der Waals surface area contributed by atoms with Crippen LogP contribution in [0.1, 0.15) is 31.4 Å². The number of rotatable bonds is 7. The van der Waals surface area contributed by atoms with Gasteiger partial charge in [0, 0.05) is 11.0 Å². The molecule has 1 N–H and O–H groups in total. The summed E-state index contributed by atoms with van der Waals surface area (Å²) in [5, 5.41) is 3.07. The first-order valence-corrected chi connectivity index (χ1v) is 9.92. The van der Waals surface area contributed by atoms with Crippen LogP contribution in [0, 0.1) is 0 Å². The predicted octanol–water partition coefficient (Wildman–Crippen LogP) is 4.17. The zero-order valence-electron chi connectivity index (χ0n) is 15.0. The van der Waals surface area contributed by atoms with Gasteiger partial charge in [0.15, 0.2) is 6.10 Å². The minimum absolute atomic E-state index is 0.0898. The van der Waals surface area contributed by atoms with Crippen LogP contribution in [0.2, 0.25) is 0 Å². The summed E-state index contributed by atoms with van der Waals surface area (Å²) in [6.45, 7) is 4.54. The van der Waals surface area contributed by atoms with E-state index in [-0.39, 0.29) is 11.9 Å². The van der Waals surface area contributed by atoms with Crippen LogP contribution in [0.25, 0.3) is 0 Å². The molecule has 1 aliphatic heterocycles. The first-order chi connectivity index (χ1) is 12.6. The van der Waals surface area contributed by atoms with Crippen LogP contribution >= 0.6 is 15.9 Å². The molecule has 5 heteroatoms. The maximum absolute atomic E-state index is 12.5. The first-order valence-electron chi connectivity index (χ1n) is 9.12. The smallest absolute Gasteiger partial charge is 0.260 e. The van der Waals surface area contributed by atoms with Gasteiger partial charge in [0.1, 0.15) is 5.75 Å². The Morgan fingerprint density at radius 2 is 1.77 bits per heavy atom. The maximum Gasteiger partial charge on any atom is 0.260 e.